The van der Waals surface area contributed by atoms with E-state index in [1.807, 2.05) is 13.8 Å². The van der Waals surface area contributed by atoms with Crippen molar-refractivity contribution in [1.29, 1.82) is 0 Å². The molecule has 0 bridgehead atoms. The summed E-state index contributed by atoms with van der Waals surface area (Å²) in [5.41, 5.74) is 0. The van der Waals surface area contributed by atoms with Gasteiger partial charge in [0.15, 0.2) is 0 Å². The van der Waals surface area contributed by atoms with Crippen molar-refractivity contribution in [2.45, 2.75) is 59.5 Å². The van der Waals surface area contributed by atoms with Crippen LogP contribution in [0.5, 0.6) is 0 Å². The minimum Gasteiger partial charge on any atom is -0.247 e. The van der Waals surface area contributed by atoms with Crippen LogP contribution in [-0.2, 0) is 0 Å². The van der Waals surface area contributed by atoms with E-state index in [-0.39, 0.29) is 5.92 Å². The zero-order chi connectivity index (χ0) is 9.56. The second-order valence-electron chi connectivity index (χ2n) is 3.99. The van der Waals surface area contributed by atoms with Gasteiger partial charge >= 0.3 is 0 Å². The number of hydrogen-bond donors (Lipinski definition) is 0. The molecule has 0 saturated heterocycles. The first kappa shape index (κ1) is 11.9. The SMILES string of the molecule is CCC(C)CCC(C)C(F)CC. The molecule has 3 atom stereocenters. The standard InChI is InChI=1S/C11H23F/c1-5-9(3)7-8-10(4)11(12)6-2/h9-11H,5-8H2,1-4H3. The molecule has 0 N–H and O–H groups in total. The summed E-state index contributed by atoms with van der Waals surface area (Å²) in [6.07, 6.45) is 3.52. The fourth-order valence-electron chi connectivity index (χ4n) is 1.33. The van der Waals surface area contributed by atoms with E-state index in [9.17, 15) is 4.39 Å². The van der Waals surface area contributed by atoms with E-state index < -0.39 is 6.17 Å². The van der Waals surface area contributed by atoms with Crippen LogP contribution in [0.2, 0.25) is 0 Å². The van der Waals surface area contributed by atoms with E-state index in [4.69, 9.17) is 0 Å². The lowest BCUT2D eigenvalue weighted by molar-refractivity contribution is 0.215. The number of rotatable bonds is 6. The van der Waals surface area contributed by atoms with Gasteiger partial charge in [-0.15, -0.1) is 0 Å². The Bertz CT molecular complexity index is 101. The summed E-state index contributed by atoms with van der Waals surface area (Å²) in [6, 6.07) is 0. The Morgan fingerprint density at radius 1 is 1.00 bits per heavy atom. The Balaban J connectivity index is 3.49. The molecular formula is C11H23F. The highest BCUT2D eigenvalue weighted by atomic mass is 19.1. The summed E-state index contributed by atoms with van der Waals surface area (Å²) >= 11 is 0. The van der Waals surface area contributed by atoms with Crippen LogP contribution in [0.1, 0.15) is 53.4 Å². The molecule has 0 aliphatic carbocycles. The van der Waals surface area contributed by atoms with Crippen molar-refractivity contribution in [1.82, 2.24) is 0 Å². The number of halogens is 1. The molecule has 3 unspecified atom stereocenters. The molecule has 0 saturated carbocycles. The van der Waals surface area contributed by atoms with Crippen LogP contribution >= 0.6 is 0 Å². The van der Waals surface area contributed by atoms with Crippen molar-refractivity contribution in [3.63, 3.8) is 0 Å². The summed E-state index contributed by atoms with van der Waals surface area (Å²) < 4.78 is 13.1. The first-order chi connectivity index (χ1) is 5.61. The summed E-state index contributed by atoms with van der Waals surface area (Å²) in [4.78, 5) is 0. The van der Waals surface area contributed by atoms with Crippen molar-refractivity contribution in [2.24, 2.45) is 11.8 Å². The first-order valence-electron chi connectivity index (χ1n) is 5.25. The molecule has 0 rings (SSSR count). The monoisotopic (exact) mass is 174 g/mol. The van der Waals surface area contributed by atoms with E-state index >= 15 is 0 Å². The topological polar surface area (TPSA) is 0 Å². The van der Waals surface area contributed by atoms with Crippen LogP contribution in [0, 0.1) is 11.8 Å². The maximum absolute atomic E-state index is 13.1. The second kappa shape index (κ2) is 6.45. The first-order valence-corrected chi connectivity index (χ1v) is 5.25. The Kier molecular flexibility index (Phi) is 6.41. The minimum atomic E-state index is -0.589. The van der Waals surface area contributed by atoms with Crippen LogP contribution in [0.4, 0.5) is 4.39 Å². The van der Waals surface area contributed by atoms with Gasteiger partial charge in [-0.3, -0.25) is 0 Å². The molecule has 0 aliphatic heterocycles. The summed E-state index contributed by atoms with van der Waals surface area (Å²) in [5, 5.41) is 0. The average Bonchev–Trinajstić information content (AvgIpc) is 2.11. The normalized spacial score (nSPS) is 18.8. The molecule has 1 heteroatoms. The number of alkyl halides is 1. The van der Waals surface area contributed by atoms with Gasteiger partial charge in [-0.05, 0) is 24.7 Å². The van der Waals surface area contributed by atoms with E-state index in [2.05, 4.69) is 13.8 Å². The Morgan fingerprint density at radius 2 is 1.58 bits per heavy atom. The molecule has 0 radical (unpaired) electrons. The predicted octanol–water partition coefficient (Wildman–Crippen LogP) is 4.20. The van der Waals surface area contributed by atoms with Gasteiger partial charge in [0.2, 0.25) is 0 Å². The van der Waals surface area contributed by atoms with Crippen LogP contribution in [0.3, 0.4) is 0 Å². The van der Waals surface area contributed by atoms with Gasteiger partial charge in [-0.2, -0.15) is 0 Å². The van der Waals surface area contributed by atoms with Crippen LogP contribution < -0.4 is 0 Å². The lowest BCUT2D eigenvalue weighted by Crippen LogP contribution is -2.12. The smallest absolute Gasteiger partial charge is 0.102 e. The quantitative estimate of drug-likeness (QED) is 0.566. The van der Waals surface area contributed by atoms with Crippen LogP contribution in [0.25, 0.3) is 0 Å². The van der Waals surface area contributed by atoms with Crippen molar-refractivity contribution in [3.8, 4) is 0 Å². The molecule has 0 heterocycles. The van der Waals surface area contributed by atoms with E-state index in [1.165, 1.54) is 12.8 Å². The van der Waals surface area contributed by atoms with Crippen molar-refractivity contribution in [3.05, 3.63) is 0 Å². The van der Waals surface area contributed by atoms with Gasteiger partial charge in [0.25, 0.3) is 0 Å². The molecular weight excluding hydrogens is 151 g/mol. The fourth-order valence-corrected chi connectivity index (χ4v) is 1.33. The predicted molar refractivity (Wildman–Crippen MR) is 53.0 cm³/mol. The Hall–Kier alpha value is -0.0700. The highest BCUT2D eigenvalue weighted by molar-refractivity contribution is 4.64. The molecule has 0 fully saturated rings. The molecule has 0 nitrogen and oxygen atoms in total. The third-order valence-corrected chi connectivity index (χ3v) is 2.82. The van der Waals surface area contributed by atoms with Gasteiger partial charge in [-0.1, -0.05) is 40.5 Å². The third kappa shape index (κ3) is 4.74. The van der Waals surface area contributed by atoms with Gasteiger partial charge in [0, 0.05) is 0 Å². The Labute approximate surface area is 76.6 Å². The molecule has 74 valence electrons. The summed E-state index contributed by atoms with van der Waals surface area (Å²) in [5.74, 6) is 1.01. The van der Waals surface area contributed by atoms with Crippen molar-refractivity contribution < 1.29 is 4.39 Å². The van der Waals surface area contributed by atoms with E-state index in [1.54, 1.807) is 0 Å². The molecule has 0 aliphatic rings. The van der Waals surface area contributed by atoms with Gasteiger partial charge in [0.1, 0.15) is 6.17 Å². The van der Waals surface area contributed by atoms with Gasteiger partial charge < -0.3 is 0 Å². The van der Waals surface area contributed by atoms with Crippen LogP contribution in [0.15, 0.2) is 0 Å². The third-order valence-electron chi connectivity index (χ3n) is 2.82. The number of hydrogen-bond acceptors (Lipinski definition) is 0. The lowest BCUT2D eigenvalue weighted by atomic mass is 9.93. The molecule has 0 spiro atoms. The summed E-state index contributed by atoms with van der Waals surface area (Å²) in [7, 11) is 0. The maximum Gasteiger partial charge on any atom is 0.102 e. The largest absolute Gasteiger partial charge is 0.247 e. The molecule has 0 aromatic carbocycles. The average molecular weight is 174 g/mol. The van der Waals surface area contributed by atoms with E-state index in [0.717, 1.165) is 12.3 Å². The zero-order valence-electron chi connectivity index (χ0n) is 8.94. The molecule has 0 aromatic heterocycles. The van der Waals surface area contributed by atoms with Crippen LogP contribution in [-0.4, -0.2) is 6.17 Å². The van der Waals surface area contributed by atoms with Crippen molar-refractivity contribution in [2.75, 3.05) is 0 Å². The Morgan fingerprint density at radius 3 is 2.00 bits per heavy atom. The van der Waals surface area contributed by atoms with E-state index in [0.29, 0.717) is 6.42 Å². The molecule has 0 amide bonds. The summed E-state index contributed by atoms with van der Waals surface area (Å²) in [6.45, 7) is 8.38. The highest BCUT2D eigenvalue weighted by Crippen LogP contribution is 2.20. The van der Waals surface area contributed by atoms with Crippen molar-refractivity contribution >= 4 is 0 Å². The molecule has 12 heavy (non-hydrogen) atoms. The molecule has 0 aromatic rings. The van der Waals surface area contributed by atoms with Gasteiger partial charge in [0.05, 0.1) is 0 Å². The second-order valence-corrected chi connectivity index (χ2v) is 3.99. The highest BCUT2D eigenvalue weighted by Gasteiger charge is 2.14. The lowest BCUT2D eigenvalue weighted by Gasteiger charge is -2.16. The van der Waals surface area contributed by atoms with Gasteiger partial charge in [-0.25, -0.2) is 4.39 Å². The fraction of sp³-hybridized carbons (Fsp3) is 1.00. The zero-order valence-corrected chi connectivity index (χ0v) is 8.94. The maximum atomic E-state index is 13.1. The minimum absolute atomic E-state index is 0.254.